The van der Waals surface area contributed by atoms with Gasteiger partial charge in [0.25, 0.3) is 0 Å². The summed E-state index contributed by atoms with van der Waals surface area (Å²) in [5.41, 5.74) is 0. The molecule has 3 atom stereocenters. The molecule has 0 aromatic carbocycles. The van der Waals surface area contributed by atoms with Crippen LogP contribution in [-0.4, -0.2) is 47.2 Å². The van der Waals surface area contributed by atoms with Crippen molar-refractivity contribution in [3.8, 4) is 0 Å². The lowest BCUT2D eigenvalue weighted by Crippen LogP contribution is -2.50. The van der Waals surface area contributed by atoms with Gasteiger partial charge in [-0.2, -0.15) is 0 Å². The van der Waals surface area contributed by atoms with E-state index in [-0.39, 0.29) is 42.1 Å². The molecule has 0 radical (unpaired) electrons. The standard InChI is InChI=1S/C16H21N3O4/c1-9(14(21)17-8-13(20)18-10-6-7-10)19-15(22)11-4-2-3-5-12(11)16(19)23/h2-3,9-12H,4-8H2,1H3,(H,17,21)(H,18,20). The first-order valence-electron chi connectivity index (χ1n) is 8.08. The van der Waals surface area contributed by atoms with Crippen LogP contribution in [0, 0.1) is 11.8 Å². The van der Waals surface area contributed by atoms with Crippen molar-refractivity contribution in [2.75, 3.05) is 6.54 Å². The van der Waals surface area contributed by atoms with E-state index in [1.165, 1.54) is 6.92 Å². The number of carbonyl (C=O) groups excluding carboxylic acids is 4. The second kappa shape index (κ2) is 6.14. The number of nitrogens with zero attached hydrogens (tertiary/aromatic N) is 1. The Morgan fingerprint density at radius 3 is 2.26 bits per heavy atom. The minimum absolute atomic E-state index is 0.135. The summed E-state index contributed by atoms with van der Waals surface area (Å²) in [6.45, 7) is 1.39. The zero-order valence-electron chi connectivity index (χ0n) is 13.1. The highest BCUT2D eigenvalue weighted by atomic mass is 16.2. The van der Waals surface area contributed by atoms with Crippen LogP contribution in [0.3, 0.4) is 0 Å². The van der Waals surface area contributed by atoms with Gasteiger partial charge in [0.15, 0.2) is 0 Å². The quantitative estimate of drug-likeness (QED) is 0.538. The third-order valence-electron chi connectivity index (χ3n) is 4.67. The predicted molar refractivity (Wildman–Crippen MR) is 80.8 cm³/mol. The van der Waals surface area contributed by atoms with Gasteiger partial charge in [-0.15, -0.1) is 0 Å². The Morgan fingerprint density at radius 2 is 1.74 bits per heavy atom. The molecule has 0 aromatic heterocycles. The molecule has 7 heteroatoms. The van der Waals surface area contributed by atoms with E-state index in [2.05, 4.69) is 10.6 Å². The van der Waals surface area contributed by atoms with Crippen LogP contribution in [0.1, 0.15) is 32.6 Å². The Hall–Kier alpha value is -2.18. The summed E-state index contributed by atoms with van der Waals surface area (Å²) < 4.78 is 0. The van der Waals surface area contributed by atoms with E-state index >= 15 is 0 Å². The van der Waals surface area contributed by atoms with Crippen LogP contribution in [0.25, 0.3) is 0 Å². The first kappa shape index (κ1) is 15.7. The molecule has 23 heavy (non-hydrogen) atoms. The van der Waals surface area contributed by atoms with Gasteiger partial charge in [-0.25, -0.2) is 0 Å². The van der Waals surface area contributed by atoms with Gasteiger partial charge in [-0.1, -0.05) is 12.2 Å². The summed E-state index contributed by atoms with van der Waals surface area (Å²) in [5, 5.41) is 5.27. The van der Waals surface area contributed by atoms with Gasteiger partial charge >= 0.3 is 0 Å². The Balaban J connectivity index is 1.57. The van der Waals surface area contributed by atoms with Gasteiger partial charge in [0, 0.05) is 6.04 Å². The van der Waals surface area contributed by atoms with Crippen molar-refractivity contribution < 1.29 is 19.2 Å². The first-order valence-corrected chi connectivity index (χ1v) is 8.08. The van der Waals surface area contributed by atoms with Crippen molar-refractivity contribution in [1.29, 1.82) is 0 Å². The number of imide groups is 1. The second-order valence-corrected chi connectivity index (χ2v) is 6.44. The fraction of sp³-hybridized carbons (Fsp3) is 0.625. The molecular formula is C16H21N3O4. The molecule has 1 heterocycles. The topological polar surface area (TPSA) is 95.6 Å². The van der Waals surface area contributed by atoms with Crippen molar-refractivity contribution in [2.24, 2.45) is 11.8 Å². The smallest absolute Gasteiger partial charge is 0.243 e. The van der Waals surface area contributed by atoms with E-state index in [4.69, 9.17) is 0 Å². The average molecular weight is 319 g/mol. The minimum Gasteiger partial charge on any atom is -0.352 e. The summed E-state index contributed by atoms with van der Waals surface area (Å²) in [6.07, 6.45) is 6.85. The SMILES string of the molecule is CC(C(=O)NCC(=O)NC1CC1)N1C(=O)C2CC=CCC2C1=O. The minimum atomic E-state index is -0.894. The highest BCUT2D eigenvalue weighted by molar-refractivity contribution is 6.08. The summed E-state index contributed by atoms with van der Waals surface area (Å²) >= 11 is 0. The Labute approximate surface area is 134 Å². The number of likely N-dealkylation sites (tertiary alicyclic amines) is 1. The van der Waals surface area contributed by atoms with E-state index in [1.807, 2.05) is 12.2 Å². The lowest BCUT2D eigenvalue weighted by atomic mass is 9.85. The number of carbonyl (C=O) groups is 4. The van der Waals surface area contributed by atoms with Crippen LogP contribution in [0.5, 0.6) is 0 Å². The first-order chi connectivity index (χ1) is 11.0. The van der Waals surface area contributed by atoms with Gasteiger partial charge in [-0.05, 0) is 32.6 Å². The zero-order valence-corrected chi connectivity index (χ0v) is 13.1. The predicted octanol–water partition coefficient (Wildman–Crippen LogP) is -0.279. The molecule has 1 saturated heterocycles. The maximum absolute atomic E-state index is 12.4. The van der Waals surface area contributed by atoms with Crippen molar-refractivity contribution in [1.82, 2.24) is 15.5 Å². The van der Waals surface area contributed by atoms with Crippen LogP contribution in [0.2, 0.25) is 0 Å². The van der Waals surface area contributed by atoms with Crippen LogP contribution in [0.4, 0.5) is 0 Å². The highest BCUT2D eigenvalue weighted by Gasteiger charge is 2.50. The van der Waals surface area contributed by atoms with E-state index in [9.17, 15) is 19.2 Å². The number of rotatable bonds is 5. The number of nitrogens with one attached hydrogen (secondary N) is 2. The van der Waals surface area contributed by atoms with E-state index in [0.717, 1.165) is 17.7 Å². The van der Waals surface area contributed by atoms with Gasteiger partial charge in [0.1, 0.15) is 6.04 Å². The number of hydrogen-bond acceptors (Lipinski definition) is 4. The molecule has 1 saturated carbocycles. The summed E-state index contributed by atoms with van der Waals surface area (Å²) in [4.78, 5) is 49.6. The van der Waals surface area contributed by atoms with Crippen LogP contribution in [-0.2, 0) is 19.2 Å². The molecule has 3 aliphatic rings. The molecule has 3 rings (SSSR count). The monoisotopic (exact) mass is 319 g/mol. The summed E-state index contributed by atoms with van der Waals surface area (Å²) in [6, 6.07) is -0.663. The third kappa shape index (κ3) is 3.13. The molecule has 2 aliphatic carbocycles. The van der Waals surface area contributed by atoms with Crippen LogP contribution < -0.4 is 10.6 Å². The third-order valence-corrected chi connectivity index (χ3v) is 4.67. The zero-order chi connectivity index (χ0) is 16.6. The van der Waals surface area contributed by atoms with E-state index < -0.39 is 11.9 Å². The maximum Gasteiger partial charge on any atom is 0.243 e. The van der Waals surface area contributed by atoms with Gasteiger partial charge in [0.05, 0.1) is 18.4 Å². The molecule has 124 valence electrons. The number of amides is 4. The molecule has 0 bridgehead atoms. The maximum atomic E-state index is 12.4. The Morgan fingerprint density at radius 1 is 1.17 bits per heavy atom. The molecule has 0 spiro atoms. The molecule has 4 amide bonds. The summed E-state index contributed by atoms with van der Waals surface area (Å²) in [7, 11) is 0. The molecule has 2 fully saturated rings. The van der Waals surface area contributed by atoms with Crippen molar-refractivity contribution >= 4 is 23.6 Å². The molecule has 2 N–H and O–H groups in total. The highest BCUT2D eigenvalue weighted by Crippen LogP contribution is 2.36. The second-order valence-electron chi connectivity index (χ2n) is 6.44. The Bertz CT molecular complexity index is 556. The normalized spacial score (nSPS) is 27.6. The lowest BCUT2D eigenvalue weighted by Gasteiger charge is -2.22. The van der Waals surface area contributed by atoms with E-state index in [0.29, 0.717) is 12.8 Å². The van der Waals surface area contributed by atoms with E-state index in [1.54, 1.807) is 0 Å². The van der Waals surface area contributed by atoms with Crippen molar-refractivity contribution in [2.45, 2.75) is 44.7 Å². The largest absolute Gasteiger partial charge is 0.352 e. The number of fused-ring (bicyclic) bond motifs is 1. The van der Waals surface area contributed by atoms with Gasteiger partial charge in [0.2, 0.25) is 23.6 Å². The van der Waals surface area contributed by atoms with Gasteiger partial charge < -0.3 is 10.6 Å². The number of hydrogen-bond donors (Lipinski definition) is 2. The lowest BCUT2D eigenvalue weighted by molar-refractivity contribution is -0.147. The van der Waals surface area contributed by atoms with Gasteiger partial charge in [-0.3, -0.25) is 24.1 Å². The molecule has 7 nitrogen and oxygen atoms in total. The van der Waals surface area contributed by atoms with Crippen molar-refractivity contribution in [3.05, 3.63) is 12.2 Å². The Kier molecular flexibility index (Phi) is 4.19. The average Bonchev–Trinajstić information content (AvgIpc) is 3.32. The summed E-state index contributed by atoms with van der Waals surface area (Å²) in [5.74, 6) is -1.99. The van der Waals surface area contributed by atoms with Crippen LogP contribution in [0.15, 0.2) is 12.2 Å². The number of allylic oxidation sites excluding steroid dienone is 2. The fourth-order valence-corrected chi connectivity index (χ4v) is 3.15. The molecule has 0 aromatic rings. The fourth-order valence-electron chi connectivity index (χ4n) is 3.15. The van der Waals surface area contributed by atoms with Crippen LogP contribution >= 0.6 is 0 Å². The molecule has 3 unspecified atom stereocenters. The van der Waals surface area contributed by atoms with Crippen molar-refractivity contribution in [3.63, 3.8) is 0 Å². The molecule has 1 aliphatic heterocycles. The molecular weight excluding hydrogens is 298 g/mol.